The van der Waals surface area contributed by atoms with Crippen LogP contribution in [0.3, 0.4) is 0 Å². The maximum atomic E-state index is 13.2. The first-order valence-electron chi connectivity index (χ1n) is 6.89. The topological polar surface area (TPSA) is 40.6 Å². The van der Waals surface area contributed by atoms with Crippen LogP contribution in [0.4, 0.5) is 10.1 Å². The average molecular weight is 278 g/mol. The van der Waals surface area contributed by atoms with Gasteiger partial charge in [0, 0.05) is 38.7 Å². The van der Waals surface area contributed by atoms with Crippen LogP contribution in [0, 0.1) is 5.82 Å². The van der Waals surface area contributed by atoms with Gasteiger partial charge in [-0.15, -0.1) is 0 Å². The number of anilines is 1. The van der Waals surface area contributed by atoms with Crippen molar-refractivity contribution in [1.82, 2.24) is 4.90 Å². The molecule has 0 N–H and O–H groups in total. The number of likely N-dealkylation sites (tertiary alicyclic amines) is 1. The van der Waals surface area contributed by atoms with Gasteiger partial charge in [-0.3, -0.25) is 9.59 Å². The summed E-state index contributed by atoms with van der Waals surface area (Å²) in [6.45, 7) is 3.32. The molecular formula is C15H19FN2O2. The van der Waals surface area contributed by atoms with E-state index in [-0.39, 0.29) is 30.6 Å². The van der Waals surface area contributed by atoms with E-state index in [0.29, 0.717) is 5.69 Å². The molecule has 0 saturated carbocycles. The highest BCUT2D eigenvalue weighted by atomic mass is 19.1. The summed E-state index contributed by atoms with van der Waals surface area (Å²) in [6, 6.07) is 5.87. The quantitative estimate of drug-likeness (QED) is 0.847. The summed E-state index contributed by atoms with van der Waals surface area (Å²) in [5.41, 5.74) is 0.492. The minimum Gasteiger partial charge on any atom is -0.343 e. The number of carbonyl (C=O) groups excluding carboxylic acids is 2. The predicted octanol–water partition coefficient (Wildman–Crippen LogP) is 2.19. The summed E-state index contributed by atoms with van der Waals surface area (Å²) >= 11 is 0. The van der Waals surface area contributed by atoms with Crippen LogP contribution in [-0.2, 0) is 9.59 Å². The minimum atomic E-state index is -0.389. The second-order valence-electron chi connectivity index (χ2n) is 4.99. The third-order valence-electron chi connectivity index (χ3n) is 3.51. The number of hydrogen-bond acceptors (Lipinski definition) is 2. The summed E-state index contributed by atoms with van der Waals surface area (Å²) < 4.78 is 13.2. The molecule has 5 heteroatoms. The molecule has 1 heterocycles. The molecule has 0 atom stereocenters. The largest absolute Gasteiger partial charge is 0.343 e. The molecular weight excluding hydrogens is 259 g/mol. The Bertz CT molecular complexity index is 498. The number of amides is 2. The lowest BCUT2D eigenvalue weighted by molar-refractivity contribution is -0.129. The van der Waals surface area contributed by atoms with Gasteiger partial charge in [-0.05, 0) is 31.0 Å². The second-order valence-corrected chi connectivity index (χ2v) is 4.99. The molecule has 4 nitrogen and oxygen atoms in total. The highest BCUT2D eigenvalue weighted by molar-refractivity contribution is 5.92. The molecule has 1 fully saturated rings. The number of nitrogens with zero attached hydrogens (tertiary/aromatic N) is 2. The van der Waals surface area contributed by atoms with E-state index in [0.717, 1.165) is 25.9 Å². The number of carbonyl (C=O) groups is 2. The van der Waals surface area contributed by atoms with Crippen molar-refractivity contribution in [2.45, 2.75) is 26.2 Å². The van der Waals surface area contributed by atoms with E-state index in [4.69, 9.17) is 0 Å². The van der Waals surface area contributed by atoms with Gasteiger partial charge in [0.05, 0.1) is 0 Å². The van der Waals surface area contributed by atoms with E-state index in [1.807, 2.05) is 4.90 Å². The smallest absolute Gasteiger partial charge is 0.224 e. The van der Waals surface area contributed by atoms with Gasteiger partial charge in [-0.25, -0.2) is 4.39 Å². The molecule has 1 aromatic carbocycles. The summed E-state index contributed by atoms with van der Waals surface area (Å²) in [4.78, 5) is 26.9. The number of benzene rings is 1. The fourth-order valence-corrected chi connectivity index (χ4v) is 2.44. The molecule has 1 aliphatic rings. The lowest BCUT2D eigenvalue weighted by Gasteiger charge is -2.22. The third-order valence-corrected chi connectivity index (χ3v) is 3.51. The summed E-state index contributed by atoms with van der Waals surface area (Å²) in [7, 11) is 0. The van der Waals surface area contributed by atoms with Crippen LogP contribution >= 0.6 is 0 Å². The molecule has 0 spiro atoms. The Morgan fingerprint density at radius 1 is 1.30 bits per heavy atom. The molecule has 2 rings (SSSR count). The number of hydrogen-bond donors (Lipinski definition) is 0. The average Bonchev–Trinajstić information content (AvgIpc) is 2.92. The second kappa shape index (κ2) is 6.50. The zero-order valence-corrected chi connectivity index (χ0v) is 11.6. The molecule has 108 valence electrons. The van der Waals surface area contributed by atoms with Crippen molar-refractivity contribution in [2.75, 3.05) is 24.5 Å². The molecule has 2 amide bonds. The third kappa shape index (κ3) is 3.56. The Balaban J connectivity index is 1.99. The van der Waals surface area contributed by atoms with Gasteiger partial charge in [0.1, 0.15) is 5.82 Å². The van der Waals surface area contributed by atoms with Crippen molar-refractivity contribution in [3.63, 3.8) is 0 Å². The Morgan fingerprint density at radius 2 is 2.00 bits per heavy atom. The SMILES string of the molecule is CC(=O)N(CCC(=O)N1CCCC1)c1cccc(F)c1. The first-order chi connectivity index (χ1) is 9.58. The molecule has 0 radical (unpaired) electrons. The first-order valence-corrected chi connectivity index (χ1v) is 6.89. The van der Waals surface area contributed by atoms with Crippen LogP contribution in [0.5, 0.6) is 0 Å². The molecule has 0 aromatic heterocycles. The maximum absolute atomic E-state index is 13.2. The van der Waals surface area contributed by atoms with Crippen LogP contribution < -0.4 is 4.90 Å². The van der Waals surface area contributed by atoms with Crippen molar-refractivity contribution in [2.24, 2.45) is 0 Å². The van der Waals surface area contributed by atoms with Crippen LogP contribution in [0.1, 0.15) is 26.2 Å². The minimum absolute atomic E-state index is 0.0603. The zero-order chi connectivity index (χ0) is 14.5. The van der Waals surface area contributed by atoms with Crippen LogP contribution in [0.25, 0.3) is 0 Å². The van der Waals surface area contributed by atoms with Gasteiger partial charge in [-0.2, -0.15) is 0 Å². The van der Waals surface area contributed by atoms with Crippen molar-refractivity contribution in [3.05, 3.63) is 30.1 Å². The standard InChI is InChI=1S/C15H19FN2O2/c1-12(19)18(14-6-4-5-13(16)11-14)10-7-15(20)17-8-2-3-9-17/h4-6,11H,2-3,7-10H2,1H3. The van der Waals surface area contributed by atoms with Gasteiger partial charge in [0.2, 0.25) is 11.8 Å². The predicted molar refractivity (Wildman–Crippen MR) is 74.9 cm³/mol. The zero-order valence-electron chi connectivity index (χ0n) is 11.6. The van der Waals surface area contributed by atoms with E-state index in [2.05, 4.69) is 0 Å². The van der Waals surface area contributed by atoms with Crippen LogP contribution in [0.2, 0.25) is 0 Å². The van der Waals surface area contributed by atoms with E-state index in [1.165, 1.54) is 24.0 Å². The van der Waals surface area contributed by atoms with E-state index < -0.39 is 0 Å². The summed E-state index contributed by atoms with van der Waals surface area (Å²) in [5.74, 6) is -0.519. The van der Waals surface area contributed by atoms with Gasteiger partial charge in [0.15, 0.2) is 0 Å². The Morgan fingerprint density at radius 3 is 2.60 bits per heavy atom. The molecule has 20 heavy (non-hydrogen) atoms. The van der Waals surface area contributed by atoms with Gasteiger partial charge in [-0.1, -0.05) is 6.07 Å². The Kier molecular flexibility index (Phi) is 4.71. The van der Waals surface area contributed by atoms with Crippen molar-refractivity contribution in [3.8, 4) is 0 Å². The van der Waals surface area contributed by atoms with Crippen LogP contribution in [0.15, 0.2) is 24.3 Å². The summed E-state index contributed by atoms with van der Waals surface area (Å²) in [5, 5.41) is 0. The first kappa shape index (κ1) is 14.5. The molecule has 1 saturated heterocycles. The Labute approximate surface area is 118 Å². The molecule has 1 aliphatic heterocycles. The lowest BCUT2D eigenvalue weighted by Crippen LogP contribution is -2.35. The number of halogens is 1. The molecule has 0 unspecified atom stereocenters. The van der Waals surface area contributed by atoms with E-state index >= 15 is 0 Å². The van der Waals surface area contributed by atoms with Crippen molar-refractivity contribution < 1.29 is 14.0 Å². The normalized spacial score (nSPS) is 14.4. The van der Waals surface area contributed by atoms with E-state index in [1.54, 1.807) is 12.1 Å². The highest BCUT2D eigenvalue weighted by Gasteiger charge is 2.20. The van der Waals surface area contributed by atoms with Gasteiger partial charge in [0.25, 0.3) is 0 Å². The summed E-state index contributed by atoms with van der Waals surface area (Å²) in [6.07, 6.45) is 2.37. The lowest BCUT2D eigenvalue weighted by atomic mass is 10.2. The van der Waals surface area contributed by atoms with E-state index in [9.17, 15) is 14.0 Å². The monoisotopic (exact) mass is 278 g/mol. The molecule has 0 aliphatic carbocycles. The highest BCUT2D eigenvalue weighted by Crippen LogP contribution is 2.17. The van der Waals surface area contributed by atoms with Gasteiger partial charge >= 0.3 is 0 Å². The molecule has 1 aromatic rings. The van der Waals surface area contributed by atoms with Crippen molar-refractivity contribution >= 4 is 17.5 Å². The van der Waals surface area contributed by atoms with Crippen molar-refractivity contribution in [1.29, 1.82) is 0 Å². The maximum Gasteiger partial charge on any atom is 0.224 e. The Hall–Kier alpha value is -1.91. The fourth-order valence-electron chi connectivity index (χ4n) is 2.44. The van der Waals surface area contributed by atoms with Gasteiger partial charge < -0.3 is 9.80 Å². The molecule has 0 bridgehead atoms. The number of rotatable bonds is 4. The van der Waals surface area contributed by atoms with Crippen LogP contribution in [-0.4, -0.2) is 36.3 Å². The fraction of sp³-hybridized carbons (Fsp3) is 0.467.